The number of nitrogens with zero attached hydrogens (tertiary/aromatic N) is 12. The molecule has 134 heavy (non-hydrogen) atoms. The Hall–Kier alpha value is -10.7. The van der Waals surface area contributed by atoms with Crippen molar-refractivity contribution in [3.63, 3.8) is 0 Å². The summed E-state index contributed by atoms with van der Waals surface area (Å²) >= 11 is 43.3. The molecule has 48 heteroatoms. The molecule has 8 aliphatic rings. The molecule has 0 spiro atoms. The summed E-state index contributed by atoms with van der Waals surface area (Å²) in [4.78, 5) is 142. The van der Waals surface area contributed by atoms with Crippen LogP contribution in [0.2, 0.25) is 30.1 Å². The number of aromatic nitrogens is 4. The maximum atomic E-state index is 13.8. The number of carboxylic acids is 4. The van der Waals surface area contributed by atoms with Crippen LogP contribution in [0.1, 0.15) is 80.3 Å². The first-order valence-corrected chi connectivity index (χ1v) is 46.7. The largest absolute Gasteiger partial charge is 0.480 e. The number of hydrogen-bond acceptors (Lipinski definition) is 36. The van der Waals surface area contributed by atoms with Gasteiger partial charge in [-0.25, -0.2) is 47.9 Å². The Bertz CT molecular complexity index is 5590. The molecule has 16 rings (SSSR count). The lowest BCUT2D eigenvalue weighted by Gasteiger charge is -2.35. The second-order valence-electron chi connectivity index (χ2n) is 29.6. The molecule has 36 nitrogen and oxygen atoms in total. The minimum atomic E-state index is -1.03. The number of halogens is 8. The van der Waals surface area contributed by atoms with Crippen molar-refractivity contribution < 1.29 is 105 Å². The van der Waals surface area contributed by atoms with Crippen LogP contribution in [0.25, 0.3) is 0 Å². The predicted molar refractivity (Wildman–Crippen MR) is 495 cm³/mol. The van der Waals surface area contributed by atoms with Crippen LogP contribution >= 0.6 is 115 Å². The van der Waals surface area contributed by atoms with Gasteiger partial charge >= 0.3 is 47.8 Å². The zero-order valence-corrected chi connectivity index (χ0v) is 79.0. The minimum Gasteiger partial charge on any atom is -0.480 e. The summed E-state index contributed by atoms with van der Waals surface area (Å²) in [5.74, 6) is -5.88. The van der Waals surface area contributed by atoms with Crippen molar-refractivity contribution >= 4 is 186 Å². The third-order valence-corrected chi connectivity index (χ3v) is 26.3. The molecule has 4 saturated heterocycles. The fourth-order valence-corrected chi connectivity index (χ4v) is 19.0. The number of aliphatic carboxylic acids is 4. The van der Waals surface area contributed by atoms with Gasteiger partial charge in [-0.15, -0.1) is 45.3 Å². The van der Waals surface area contributed by atoms with Gasteiger partial charge in [0, 0.05) is 174 Å². The molecular formula is C86H84Cl6F2N16O20S4. The fourth-order valence-electron chi connectivity index (χ4n) is 15.1. The number of benzene rings is 4. The van der Waals surface area contributed by atoms with Gasteiger partial charge < -0.3 is 79.6 Å². The van der Waals surface area contributed by atoms with Crippen molar-refractivity contribution in [1.82, 2.24) is 60.8 Å². The van der Waals surface area contributed by atoms with E-state index in [2.05, 4.69) is 46.2 Å². The Kier molecular flexibility index (Phi) is 35.5. The third kappa shape index (κ3) is 24.6. The summed E-state index contributed by atoms with van der Waals surface area (Å²) in [5.41, 5.74) is 4.52. The molecule has 708 valence electrons. The lowest BCUT2D eigenvalue weighted by Crippen LogP contribution is -2.52. The van der Waals surface area contributed by atoms with Gasteiger partial charge in [-0.1, -0.05) is 93.9 Å². The van der Waals surface area contributed by atoms with Crippen molar-refractivity contribution in [2.75, 3.05) is 133 Å². The van der Waals surface area contributed by atoms with Gasteiger partial charge in [-0.05, 0) is 62.4 Å². The molecule has 8 aromatic rings. The predicted octanol–water partition coefficient (Wildman–Crippen LogP) is 10.8. The fraction of sp³-hybridized carbons (Fsp3) is 0.349. The topological polar surface area (TPSA) is 453 Å². The Balaban J connectivity index is 0.000000152. The first kappa shape index (κ1) is 101. The van der Waals surface area contributed by atoms with Crippen LogP contribution in [-0.2, 0) is 76.3 Å². The summed E-state index contributed by atoms with van der Waals surface area (Å²) in [6.07, 6.45) is 6.54. The zero-order valence-electron chi connectivity index (χ0n) is 71.2. The number of ether oxygens (including phenoxy) is 8. The molecule has 0 radical (unpaired) electrons. The standard InChI is InChI=1S/C22H22Cl2N4O5S.C22H22ClFN4O5S.C21H20Cl2N4O5S.C21H20ClFN4O5S/c1-2-33-22(31)17-15(10-28-6-7-32-11-16(28)21(29)30)26-19(20-25-5-8-34-20)27-18(17)13-4-3-12(23)9-14(13)24;1-2-33-22(31)17-15(10-28-6-7-32-11-16(28)21(29)30)26-19(20-25-5-8-34-20)27-18(17)13-4-3-12(24)9-14(13)23;1-31-21(30)16-14(9-27-5-6-32-10-15(27)20(28)29)25-18(19-24-4-7-33-19)26-17(16)12-3-2-11(22)8-13(12)23;1-31-21(30)16-14(9-27-5-6-32-10-15(27)20(28)29)25-18(19-24-4-7-33-19)26-17(16)12-3-2-11(23)8-13(12)22/h2*3-5,8-9,16,18H,2,6-7,10-11H2,1H3,(H,26,27)(H,29,30);2*2-4,7-8,15,17H,5-6,9-10H2,1H3,(H,25,26)(H,28,29)/t2*16-,18?;2*15-,17?/m0000/s1. The van der Waals surface area contributed by atoms with E-state index >= 15 is 0 Å². The second kappa shape index (κ2) is 47.2. The van der Waals surface area contributed by atoms with Crippen LogP contribution < -0.4 is 21.3 Å². The highest BCUT2D eigenvalue weighted by atomic mass is 35.5. The molecule has 8 atom stereocenters. The summed E-state index contributed by atoms with van der Waals surface area (Å²) < 4.78 is 69.7. The van der Waals surface area contributed by atoms with Gasteiger partial charge in [0.25, 0.3) is 0 Å². The molecule has 4 fully saturated rings. The molecular weight excluding hydrogens is 1960 g/mol. The van der Waals surface area contributed by atoms with E-state index in [4.69, 9.17) is 122 Å². The van der Waals surface area contributed by atoms with Crippen LogP contribution in [0.15, 0.2) is 184 Å². The lowest BCUT2D eigenvalue weighted by molar-refractivity contribution is -0.150. The van der Waals surface area contributed by atoms with Crippen molar-refractivity contribution in [1.29, 1.82) is 0 Å². The van der Waals surface area contributed by atoms with Crippen LogP contribution in [-0.4, -0.2) is 288 Å². The van der Waals surface area contributed by atoms with E-state index in [-0.39, 0.29) is 98.2 Å². The van der Waals surface area contributed by atoms with Gasteiger partial charge in [-0.3, -0.25) is 58.7 Å². The molecule has 12 heterocycles. The number of aliphatic imine (C=N–C) groups is 4. The average Bonchev–Trinajstić information content (AvgIpc) is 1.09. The van der Waals surface area contributed by atoms with Gasteiger partial charge in [0.05, 0.1) is 103 Å². The van der Waals surface area contributed by atoms with E-state index in [9.17, 15) is 67.6 Å². The van der Waals surface area contributed by atoms with Crippen molar-refractivity contribution in [2.45, 2.75) is 62.2 Å². The van der Waals surface area contributed by atoms with Crippen LogP contribution in [0, 0.1) is 11.6 Å². The summed E-state index contributed by atoms with van der Waals surface area (Å²) in [6.45, 7) is 7.22. The van der Waals surface area contributed by atoms with Crippen LogP contribution in [0.4, 0.5) is 8.78 Å². The Morgan fingerprint density at radius 1 is 0.388 bits per heavy atom. The molecule has 0 aliphatic carbocycles. The smallest absolute Gasteiger partial charge is 0.338 e. The van der Waals surface area contributed by atoms with Crippen molar-refractivity contribution in [2.24, 2.45) is 20.0 Å². The average molecular weight is 2040 g/mol. The quantitative estimate of drug-likeness (QED) is 0.0184. The number of amidine groups is 4. The molecule has 0 amide bonds. The van der Waals surface area contributed by atoms with E-state index in [1.165, 1.54) is 83.8 Å². The minimum absolute atomic E-state index is 0.0246. The van der Waals surface area contributed by atoms with Crippen LogP contribution in [0.5, 0.6) is 0 Å². The van der Waals surface area contributed by atoms with E-state index in [1.54, 1.807) is 105 Å². The van der Waals surface area contributed by atoms with Crippen molar-refractivity contribution in [3.8, 4) is 0 Å². The number of thiazole rings is 4. The number of methoxy groups -OCH3 is 2. The first-order valence-electron chi connectivity index (χ1n) is 40.9. The highest BCUT2D eigenvalue weighted by molar-refractivity contribution is 7.12. The Morgan fingerprint density at radius 3 is 0.851 bits per heavy atom. The number of carbonyl (C=O) groups excluding carboxylic acids is 4. The highest BCUT2D eigenvalue weighted by Gasteiger charge is 2.44. The summed E-state index contributed by atoms with van der Waals surface area (Å²) in [5, 5.41) is 62.7. The number of esters is 4. The third-order valence-electron chi connectivity index (χ3n) is 21.4. The monoisotopic (exact) mass is 2040 g/mol. The summed E-state index contributed by atoms with van der Waals surface area (Å²) in [6, 6.07) is 10.7. The number of morpholine rings is 4. The maximum absolute atomic E-state index is 13.8. The van der Waals surface area contributed by atoms with E-state index in [0.29, 0.717) is 161 Å². The van der Waals surface area contributed by atoms with Gasteiger partial charge in [0.15, 0.2) is 43.4 Å². The molecule has 0 bridgehead atoms. The molecule has 4 aromatic heterocycles. The van der Waals surface area contributed by atoms with Gasteiger partial charge in [-0.2, -0.15) is 0 Å². The molecule has 4 aromatic carbocycles. The Morgan fingerprint density at radius 2 is 0.634 bits per heavy atom. The molecule has 0 saturated carbocycles. The normalized spacial score (nSPS) is 21.2. The lowest BCUT2D eigenvalue weighted by atomic mass is 9.95. The maximum Gasteiger partial charge on any atom is 0.338 e. The molecule has 4 unspecified atom stereocenters. The van der Waals surface area contributed by atoms with Gasteiger partial charge in [0.2, 0.25) is 0 Å². The number of carbonyl (C=O) groups is 8. The first-order chi connectivity index (χ1) is 64.5. The second-order valence-corrected chi connectivity index (χ2v) is 35.7. The molecule has 8 N–H and O–H groups in total. The zero-order chi connectivity index (χ0) is 95.6. The molecule has 8 aliphatic heterocycles. The van der Waals surface area contributed by atoms with E-state index in [1.807, 2.05) is 10.8 Å². The van der Waals surface area contributed by atoms with Crippen LogP contribution in [0.3, 0.4) is 0 Å². The number of rotatable bonds is 26. The number of nitrogens with one attached hydrogen (secondary N) is 4. The Labute approximate surface area is 809 Å². The highest BCUT2D eigenvalue weighted by Crippen LogP contribution is 2.43. The summed E-state index contributed by atoms with van der Waals surface area (Å²) in [7, 11) is 2.52. The van der Waals surface area contributed by atoms with Gasteiger partial charge in [0.1, 0.15) is 60.0 Å². The van der Waals surface area contributed by atoms with E-state index < -0.39 is 108 Å². The van der Waals surface area contributed by atoms with E-state index in [0.717, 1.165) is 12.1 Å². The number of carboxylic acid groups (broad SMARTS) is 4. The van der Waals surface area contributed by atoms with Crippen molar-refractivity contribution in [3.05, 3.63) is 248 Å². The SMILES string of the molecule is CCOC(=O)C1=C(CN2CCOC[C@H]2C(=O)O)NC(c2nccs2)=NC1c1ccc(Cl)cc1Cl.CCOC(=O)C1=C(CN2CCOC[C@H]2C(=O)O)NC(c2nccs2)=NC1c1ccc(F)cc1Cl.COC(=O)C1=C(CN2CCOC[C@H]2C(=O)O)NC(c2nccs2)=NC1c1ccc(Cl)cc1Cl.COC(=O)C1=C(CN2CCOC[C@H]2C(=O)O)NC(c2nccs2)=NC1c1ccc(F)cc1Cl. The number of hydrogen-bond donors (Lipinski definition) is 8.